The average molecular weight is 368 g/mol. The van der Waals surface area contributed by atoms with E-state index < -0.39 is 6.10 Å². The summed E-state index contributed by atoms with van der Waals surface area (Å²) in [6, 6.07) is 20.5. The molecule has 0 amide bonds. The number of Topliss-reactive ketones (excluding diaryl/α,β-unsaturated/α-hetero) is 1. The topological polar surface area (TPSA) is 40.5 Å². The van der Waals surface area contributed by atoms with Crippen molar-refractivity contribution in [3.8, 4) is 0 Å². The van der Waals surface area contributed by atoms with Gasteiger partial charge in [-0.1, -0.05) is 74.5 Å². The van der Waals surface area contributed by atoms with Crippen LogP contribution >= 0.6 is 0 Å². The van der Waals surface area contributed by atoms with E-state index in [4.69, 9.17) is 0 Å². The van der Waals surface area contributed by atoms with Gasteiger partial charge in [0.1, 0.15) is 5.78 Å². The second-order valence-corrected chi connectivity index (χ2v) is 7.95. The van der Waals surface area contributed by atoms with Gasteiger partial charge in [-0.15, -0.1) is 0 Å². The summed E-state index contributed by atoms with van der Waals surface area (Å²) in [6.07, 6.45) is 0.0306. The first-order chi connectivity index (χ1) is 12.9. The van der Waals surface area contributed by atoms with Gasteiger partial charge in [0.15, 0.2) is 0 Å². The van der Waals surface area contributed by atoms with Crippen LogP contribution in [0.3, 0.4) is 0 Å². The lowest BCUT2D eigenvalue weighted by Gasteiger charge is -2.36. The summed E-state index contributed by atoms with van der Waals surface area (Å²) in [5, 5.41) is 11.1. The maximum Gasteiger partial charge on any atom is 0.135 e. The van der Waals surface area contributed by atoms with Gasteiger partial charge in [0.05, 0.1) is 6.10 Å². The maximum atomic E-state index is 12.2. The summed E-state index contributed by atoms with van der Waals surface area (Å²) in [7, 11) is 0. The molecule has 0 radical (unpaired) electrons. The second kappa shape index (κ2) is 10.4. The Hall–Kier alpha value is -1.97. The lowest BCUT2D eigenvalue weighted by Crippen LogP contribution is -2.46. The molecule has 3 nitrogen and oxygen atoms in total. The van der Waals surface area contributed by atoms with E-state index >= 15 is 0 Å². The minimum atomic E-state index is -0.683. The molecule has 3 atom stereocenters. The predicted octanol–water partition coefficient (Wildman–Crippen LogP) is 4.69. The molecular weight excluding hydrogens is 334 g/mol. The van der Waals surface area contributed by atoms with Crippen molar-refractivity contribution in [1.29, 1.82) is 0 Å². The van der Waals surface area contributed by atoms with Crippen LogP contribution in [0.2, 0.25) is 0 Å². The molecule has 146 valence electrons. The van der Waals surface area contributed by atoms with Crippen molar-refractivity contribution < 1.29 is 9.90 Å². The first-order valence-electron chi connectivity index (χ1n) is 9.89. The molecule has 0 bridgehead atoms. The summed E-state index contributed by atoms with van der Waals surface area (Å²) in [6.45, 7) is 9.30. The number of hydrogen-bond donors (Lipinski definition) is 1. The SMILES string of the molecule is CC(=O)[C@H](CC(C)C)[C@@H](O)[C@H](C)N(Cc1ccccc1)Cc1ccccc1. The predicted molar refractivity (Wildman–Crippen MR) is 111 cm³/mol. The first kappa shape index (κ1) is 21.3. The third kappa shape index (κ3) is 6.60. The van der Waals surface area contributed by atoms with E-state index in [2.05, 4.69) is 43.0 Å². The molecule has 0 unspecified atom stereocenters. The quantitative estimate of drug-likeness (QED) is 0.662. The van der Waals surface area contributed by atoms with Gasteiger partial charge >= 0.3 is 0 Å². The minimum absolute atomic E-state index is 0.0717. The molecule has 0 fully saturated rings. The highest BCUT2D eigenvalue weighted by atomic mass is 16.3. The van der Waals surface area contributed by atoms with Crippen molar-refractivity contribution in [2.45, 2.75) is 59.4 Å². The molecule has 0 aliphatic carbocycles. The monoisotopic (exact) mass is 367 g/mol. The molecule has 0 aliphatic heterocycles. The maximum absolute atomic E-state index is 12.2. The molecule has 27 heavy (non-hydrogen) atoms. The van der Waals surface area contributed by atoms with Crippen molar-refractivity contribution >= 4 is 5.78 Å². The summed E-state index contributed by atoms with van der Waals surface area (Å²) in [5.41, 5.74) is 2.41. The van der Waals surface area contributed by atoms with Crippen LogP contribution in [0.4, 0.5) is 0 Å². The summed E-state index contributed by atoms with van der Waals surface area (Å²) in [4.78, 5) is 14.5. The average Bonchev–Trinajstić information content (AvgIpc) is 2.66. The lowest BCUT2D eigenvalue weighted by atomic mass is 9.85. The minimum Gasteiger partial charge on any atom is -0.391 e. The number of hydrogen-bond acceptors (Lipinski definition) is 3. The molecule has 0 spiro atoms. The Morgan fingerprint density at radius 2 is 1.33 bits per heavy atom. The van der Waals surface area contributed by atoms with Crippen molar-refractivity contribution in [1.82, 2.24) is 4.90 Å². The zero-order valence-electron chi connectivity index (χ0n) is 17.0. The molecular formula is C24H33NO2. The number of benzene rings is 2. The number of ketones is 1. The Bertz CT molecular complexity index is 643. The van der Waals surface area contributed by atoms with E-state index in [0.717, 1.165) is 13.1 Å². The van der Waals surface area contributed by atoms with Gasteiger partial charge in [0.2, 0.25) is 0 Å². The zero-order chi connectivity index (χ0) is 19.8. The van der Waals surface area contributed by atoms with E-state index in [1.807, 2.05) is 43.3 Å². The Labute approximate surface area is 164 Å². The van der Waals surface area contributed by atoms with Gasteiger partial charge in [-0.25, -0.2) is 0 Å². The van der Waals surface area contributed by atoms with Crippen molar-refractivity contribution in [3.05, 3.63) is 71.8 Å². The van der Waals surface area contributed by atoms with Crippen LogP contribution in [0, 0.1) is 11.8 Å². The molecule has 0 saturated carbocycles. The fourth-order valence-electron chi connectivity index (χ4n) is 3.59. The molecule has 0 heterocycles. The number of aliphatic hydroxyl groups excluding tert-OH is 1. The van der Waals surface area contributed by atoms with E-state index in [1.165, 1.54) is 11.1 Å². The highest BCUT2D eigenvalue weighted by Crippen LogP contribution is 2.24. The zero-order valence-corrected chi connectivity index (χ0v) is 17.0. The molecule has 2 rings (SSSR count). The van der Waals surface area contributed by atoms with Gasteiger partial charge < -0.3 is 5.11 Å². The summed E-state index contributed by atoms with van der Waals surface area (Å²) < 4.78 is 0. The van der Waals surface area contributed by atoms with Crippen LogP contribution < -0.4 is 0 Å². The van der Waals surface area contributed by atoms with Crippen LogP contribution in [-0.4, -0.2) is 27.9 Å². The number of aliphatic hydroxyl groups is 1. The number of carbonyl (C=O) groups is 1. The standard InChI is InChI=1S/C24H33NO2/c1-18(2)15-23(20(4)26)24(27)19(3)25(16-21-11-7-5-8-12-21)17-22-13-9-6-10-14-22/h5-14,18-19,23-24,27H,15-17H2,1-4H3/t19-,23-,24-/m0/s1. The van der Waals surface area contributed by atoms with E-state index in [-0.39, 0.29) is 17.7 Å². The van der Waals surface area contributed by atoms with Gasteiger partial charge in [0, 0.05) is 25.0 Å². The van der Waals surface area contributed by atoms with Gasteiger partial charge in [0.25, 0.3) is 0 Å². The molecule has 2 aromatic rings. The normalized spacial score (nSPS) is 14.9. The second-order valence-electron chi connectivity index (χ2n) is 7.95. The van der Waals surface area contributed by atoms with Crippen LogP contribution in [-0.2, 0) is 17.9 Å². The van der Waals surface area contributed by atoms with E-state index in [9.17, 15) is 9.90 Å². The lowest BCUT2D eigenvalue weighted by molar-refractivity contribution is -0.127. The van der Waals surface area contributed by atoms with Gasteiger partial charge in [-0.3, -0.25) is 9.69 Å². The van der Waals surface area contributed by atoms with Crippen LogP contribution in [0.1, 0.15) is 45.2 Å². The Morgan fingerprint density at radius 3 is 1.70 bits per heavy atom. The Balaban J connectivity index is 2.22. The van der Waals surface area contributed by atoms with Crippen LogP contribution in [0.5, 0.6) is 0 Å². The van der Waals surface area contributed by atoms with Crippen LogP contribution in [0.25, 0.3) is 0 Å². The largest absolute Gasteiger partial charge is 0.391 e. The molecule has 2 aromatic carbocycles. The fraction of sp³-hybridized carbons (Fsp3) is 0.458. The number of carbonyl (C=O) groups excluding carboxylic acids is 1. The highest BCUT2D eigenvalue weighted by molar-refractivity contribution is 5.79. The van der Waals surface area contributed by atoms with E-state index in [1.54, 1.807) is 6.92 Å². The Morgan fingerprint density at radius 1 is 0.889 bits per heavy atom. The highest BCUT2D eigenvalue weighted by Gasteiger charge is 2.32. The molecule has 0 aromatic heterocycles. The smallest absolute Gasteiger partial charge is 0.135 e. The van der Waals surface area contributed by atoms with Crippen molar-refractivity contribution in [2.24, 2.45) is 11.8 Å². The van der Waals surface area contributed by atoms with E-state index in [0.29, 0.717) is 12.3 Å². The van der Waals surface area contributed by atoms with Crippen molar-refractivity contribution in [2.75, 3.05) is 0 Å². The fourth-order valence-corrected chi connectivity index (χ4v) is 3.59. The summed E-state index contributed by atoms with van der Waals surface area (Å²) in [5.74, 6) is 0.119. The third-order valence-corrected chi connectivity index (χ3v) is 5.19. The molecule has 3 heteroatoms. The molecule has 1 N–H and O–H groups in total. The first-order valence-corrected chi connectivity index (χ1v) is 9.89. The van der Waals surface area contributed by atoms with Gasteiger partial charge in [-0.05, 0) is 37.3 Å². The molecule has 0 saturated heterocycles. The molecule has 0 aliphatic rings. The van der Waals surface area contributed by atoms with Gasteiger partial charge in [-0.2, -0.15) is 0 Å². The number of rotatable bonds is 10. The third-order valence-electron chi connectivity index (χ3n) is 5.19. The number of nitrogens with zero attached hydrogens (tertiary/aromatic N) is 1. The van der Waals surface area contributed by atoms with Crippen LogP contribution in [0.15, 0.2) is 60.7 Å². The summed E-state index contributed by atoms with van der Waals surface area (Å²) >= 11 is 0. The Kier molecular flexibility index (Phi) is 8.21. The van der Waals surface area contributed by atoms with Crippen molar-refractivity contribution in [3.63, 3.8) is 0 Å².